The van der Waals surface area contributed by atoms with E-state index in [1.165, 1.54) is 32.6 Å². The third-order valence-corrected chi connectivity index (χ3v) is 4.84. The van der Waals surface area contributed by atoms with E-state index < -0.39 is 0 Å². The van der Waals surface area contributed by atoms with Crippen molar-refractivity contribution in [2.24, 2.45) is 0 Å². The van der Waals surface area contributed by atoms with Crippen LogP contribution >= 0.6 is 15.9 Å². The molecule has 0 saturated carbocycles. The smallest absolute Gasteiger partial charge is 0.0464 e. The van der Waals surface area contributed by atoms with Gasteiger partial charge in [-0.15, -0.1) is 0 Å². The molecule has 1 N–H and O–H groups in total. The Bertz CT molecular complexity index is 1070. The lowest BCUT2D eigenvalue weighted by Gasteiger charge is -1.97. The number of halogens is 1. The van der Waals surface area contributed by atoms with Crippen molar-refractivity contribution in [2.75, 3.05) is 0 Å². The number of benzene rings is 4. The van der Waals surface area contributed by atoms with E-state index in [9.17, 15) is 0 Å². The van der Waals surface area contributed by atoms with E-state index in [1.54, 1.807) is 0 Å². The number of H-pyrrole nitrogens is 1. The number of rotatable bonds is 0. The van der Waals surface area contributed by atoms with Gasteiger partial charge in [-0.3, -0.25) is 0 Å². The molecule has 0 unspecified atom stereocenters. The lowest BCUT2D eigenvalue weighted by Crippen LogP contribution is -1.71. The molecule has 0 aliphatic carbocycles. The molecule has 0 aliphatic heterocycles. The van der Waals surface area contributed by atoms with Crippen LogP contribution in [0.3, 0.4) is 0 Å². The second-order valence-corrected chi connectivity index (χ2v) is 6.53. The molecule has 0 bridgehead atoms. The molecule has 0 aliphatic rings. The van der Waals surface area contributed by atoms with Crippen LogP contribution in [-0.2, 0) is 0 Å². The zero-order valence-corrected chi connectivity index (χ0v) is 14.6. The predicted molar refractivity (Wildman–Crippen MR) is 107 cm³/mol. The van der Waals surface area contributed by atoms with E-state index in [2.05, 4.69) is 99.8 Å². The fourth-order valence-corrected chi connectivity index (χ4v) is 3.50. The largest absolute Gasteiger partial charge is 0.355 e. The van der Waals surface area contributed by atoms with E-state index in [4.69, 9.17) is 0 Å². The van der Waals surface area contributed by atoms with Crippen LogP contribution in [0.2, 0.25) is 0 Å². The summed E-state index contributed by atoms with van der Waals surface area (Å²) >= 11 is 3.50. The second kappa shape index (κ2) is 6.50. The number of aromatic amines is 1. The first kappa shape index (κ1) is 15.0. The topological polar surface area (TPSA) is 15.8 Å². The first-order valence-electron chi connectivity index (χ1n) is 7.92. The molecule has 116 valence electrons. The molecule has 2 heteroatoms. The van der Waals surface area contributed by atoms with Gasteiger partial charge >= 0.3 is 0 Å². The Morgan fingerprint density at radius 1 is 0.500 bits per heavy atom. The number of hydrogen-bond acceptors (Lipinski definition) is 0. The molecule has 0 spiro atoms. The highest BCUT2D eigenvalue weighted by molar-refractivity contribution is 9.10. The summed E-state index contributed by atoms with van der Waals surface area (Å²) in [6.45, 7) is 0. The van der Waals surface area contributed by atoms with E-state index in [0.29, 0.717) is 0 Å². The van der Waals surface area contributed by atoms with Crippen LogP contribution in [0.1, 0.15) is 0 Å². The van der Waals surface area contributed by atoms with Crippen molar-refractivity contribution >= 4 is 48.5 Å². The van der Waals surface area contributed by atoms with Gasteiger partial charge in [0.05, 0.1) is 0 Å². The second-order valence-electron chi connectivity index (χ2n) is 5.68. The molecule has 1 heterocycles. The zero-order valence-electron chi connectivity index (χ0n) is 13.0. The van der Waals surface area contributed by atoms with Crippen LogP contribution in [0.4, 0.5) is 0 Å². The van der Waals surface area contributed by atoms with Gasteiger partial charge in [0, 0.05) is 26.3 Å². The van der Waals surface area contributed by atoms with Crippen molar-refractivity contribution in [2.45, 2.75) is 0 Å². The van der Waals surface area contributed by atoms with Gasteiger partial charge in [-0.05, 0) is 29.0 Å². The van der Waals surface area contributed by atoms with E-state index in [0.717, 1.165) is 4.47 Å². The molecule has 4 aromatic carbocycles. The van der Waals surface area contributed by atoms with Gasteiger partial charge < -0.3 is 4.98 Å². The highest BCUT2D eigenvalue weighted by atomic mass is 79.9. The summed E-state index contributed by atoms with van der Waals surface area (Å²) in [5.74, 6) is 0. The Morgan fingerprint density at radius 3 is 1.62 bits per heavy atom. The van der Waals surface area contributed by atoms with Crippen LogP contribution in [0.15, 0.2) is 95.5 Å². The normalized spacial score (nSPS) is 10.7. The Morgan fingerprint density at radius 2 is 1.00 bits per heavy atom. The van der Waals surface area contributed by atoms with Crippen LogP contribution < -0.4 is 0 Å². The van der Waals surface area contributed by atoms with Crippen LogP contribution in [0.25, 0.3) is 32.6 Å². The average molecular weight is 374 g/mol. The molecule has 0 saturated heterocycles. The molecule has 1 aromatic heterocycles. The number of aromatic nitrogens is 1. The van der Waals surface area contributed by atoms with Crippen molar-refractivity contribution in [1.29, 1.82) is 0 Å². The highest BCUT2D eigenvalue weighted by Crippen LogP contribution is 2.24. The summed E-state index contributed by atoms with van der Waals surface area (Å²) in [6.07, 6.45) is 0. The number of para-hydroxylation sites is 2. The molecule has 0 atom stereocenters. The SMILES string of the molecule is Brc1cccc2ccccc12.c1ccc2c(c1)[nH]c1ccccc12. The highest BCUT2D eigenvalue weighted by Gasteiger charge is 2.00. The van der Waals surface area contributed by atoms with Crippen molar-refractivity contribution < 1.29 is 0 Å². The number of fused-ring (bicyclic) bond motifs is 4. The van der Waals surface area contributed by atoms with Gasteiger partial charge in [0.1, 0.15) is 0 Å². The molecule has 5 aromatic rings. The average Bonchev–Trinajstić information content (AvgIpc) is 3.02. The maximum absolute atomic E-state index is 3.50. The summed E-state index contributed by atoms with van der Waals surface area (Å²) in [6, 6.07) is 31.3. The minimum absolute atomic E-state index is 1.16. The monoisotopic (exact) mass is 373 g/mol. The van der Waals surface area contributed by atoms with Gasteiger partial charge in [-0.1, -0.05) is 88.7 Å². The van der Waals surface area contributed by atoms with Crippen LogP contribution in [0.5, 0.6) is 0 Å². The molecule has 1 nitrogen and oxygen atoms in total. The Hall–Kier alpha value is -2.58. The zero-order chi connectivity index (χ0) is 16.4. The molecule has 5 rings (SSSR count). The van der Waals surface area contributed by atoms with E-state index in [-0.39, 0.29) is 0 Å². The summed E-state index contributed by atoms with van der Waals surface area (Å²) < 4.78 is 1.16. The maximum Gasteiger partial charge on any atom is 0.0464 e. The van der Waals surface area contributed by atoms with Crippen molar-refractivity contribution in [1.82, 2.24) is 4.98 Å². The van der Waals surface area contributed by atoms with Gasteiger partial charge in [0.15, 0.2) is 0 Å². The number of nitrogens with one attached hydrogen (secondary N) is 1. The first-order valence-corrected chi connectivity index (χ1v) is 8.71. The third-order valence-electron chi connectivity index (χ3n) is 4.15. The molecule has 0 radical (unpaired) electrons. The lowest BCUT2D eigenvalue weighted by atomic mass is 10.1. The minimum atomic E-state index is 1.16. The Kier molecular flexibility index (Phi) is 4.06. The van der Waals surface area contributed by atoms with Crippen LogP contribution in [-0.4, -0.2) is 4.98 Å². The summed E-state index contributed by atoms with van der Waals surface area (Å²) in [7, 11) is 0. The van der Waals surface area contributed by atoms with Gasteiger partial charge in [0.2, 0.25) is 0 Å². The van der Waals surface area contributed by atoms with Crippen molar-refractivity contribution in [3.8, 4) is 0 Å². The van der Waals surface area contributed by atoms with Gasteiger partial charge in [0.25, 0.3) is 0 Å². The van der Waals surface area contributed by atoms with E-state index >= 15 is 0 Å². The quantitative estimate of drug-likeness (QED) is 0.303. The fraction of sp³-hybridized carbons (Fsp3) is 0. The molecular weight excluding hydrogens is 358 g/mol. The maximum atomic E-state index is 3.50. The fourth-order valence-electron chi connectivity index (χ4n) is 2.98. The van der Waals surface area contributed by atoms with Crippen molar-refractivity contribution in [3.05, 3.63) is 95.5 Å². The van der Waals surface area contributed by atoms with Gasteiger partial charge in [-0.2, -0.15) is 0 Å². The van der Waals surface area contributed by atoms with Gasteiger partial charge in [-0.25, -0.2) is 0 Å². The summed E-state index contributed by atoms with van der Waals surface area (Å²) in [5.41, 5.74) is 2.42. The van der Waals surface area contributed by atoms with Crippen molar-refractivity contribution in [3.63, 3.8) is 0 Å². The van der Waals surface area contributed by atoms with Crippen LogP contribution in [0, 0.1) is 0 Å². The summed E-state index contributed by atoms with van der Waals surface area (Å²) in [5, 5.41) is 5.16. The molecule has 0 amide bonds. The molecular formula is C22H16BrN. The Labute approximate surface area is 149 Å². The van der Waals surface area contributed by atoms with E-state index in [1.807, 2.05) is 12.1 Å². The Balaban J connectivity index is 0.000000123. The lowest BCUT2D eigenvalue weighted by molar-refractivity contribution is 1.55. The standard InChI is InChI=1S/C12H9N.C10H7Br/c1-3-7-11-9(5-1)10-6-2-4-8-12(10)13-11;11-10-7-3-5-8-4-1-2-6-9(8)10/h1-8,13H;1-7H. The third kappa shape index (κ3) is 2.81. The molecule has 24 heavy (non-hydrogen) atoms. The predicted octanol–water partition coefficient (Wildman–Crippen LogP) is 6.92. The molecule has 0 fully saturated rings. The number of hydrogen-bond donors (Lipinski definition) is 1. The first-order chi connectivity index (χ1) is 11.8. The summed E-state index contributed by atoms with van der Waals surface area (Å²) in [4.78, 5) is 3.38. The minimum Gasteiger partial charge on any atom is -0.355 e.